The third-order valence-corrected chi connectivity index (χ3v) is 2.02. The molecule has 3 aromatic rings. The van der Waals surface area contributed by atoms with Gasteiger partial charge >= 0.3 is 0 Å². The smallest absolute Gasteiger partial charge is 0.228 e. The maximum absolute atomic E-state index is 5.20. The van der Waals surface area contributed by atoms with E-state index in [1.807, 2.05) is 18.2 Å². The van der Waals surface area contributed by atoms with E-state index < -0.39 is 0 Å². The molecule has 2 heterocycles. The fraction of sp³-hybridized carbons (Fsp3) is 0. The number of fused-ring (bicyclic) bond motifs is 1. The Kier molecular flexibility index (Phi) is 1.41. The van der Waals surface area contributed by atoms with Gasteiger partial charge in [0, 0.05) is 0 Å². The van der Waals surface area contributed by atoms with Crippen LogP contribution in [-0.2, 0) is 0 Å². The topological polar surface area (TPSA) is 52.1 Å². The van der Waals surface area contributed by atoms with Crippen LogP contribution in [0, 0.1) is 0 Å². The van der Waals surface area contributed by atoms with Crippen molar-refractivity contribution < 1.29 is 8.83 Å². The van der Waals surface area contributed by atoms with Crippen LogP contribution >= 0.6 is 0 Å². The summed E-state index contributed by atoms with van der Waals surface area (Å²) in [7, 11) is 0. The Morgan fingerprint density at radius 3 is 2.93 bits per heavy atom. The van der Waals surface area contributed by atoms with E-state index in [-0.39, 0.29) is 0 Å². The Labute approximate surface area is 79.2 Å². The molecule has 3 rings (SSSR count). The normalized spacial score (nSPS) is 10.9. The molecule has 0 amide bonds. The molecule has 4 heteroatoms. The summed E-state index contributed by atoms with van der Waals surface area (Å²) in [6, 6.07) is 5.64. The summed E-state index contributed by atoms with van der Waals surface area (Å²) in [5, 5.41) is 0. The van der Waals surface area contributed by atoms with Crippen molar-refractivity contribution in [3.63, 3.8) is 0 Å². The largest absolute Gasteiger partial charge is 0.444 e. The van der Waals surface area contributed by atoms with Gasteiger partial charge in [0.2, 0.25) is 5.89 Å². The van der Waals surface area contributed by atoms with E-state index in [0.717, 1.165) is 16.7 Å². The van der Waals surface area contributed by atoms with Gasteiger partial charge in [-0.2, -0.15) is 0 Å². The third-order valence-electron chi connectivity index (χ3n) is 2.02. The van der Waals surface area contributed by atoms with Crippen LogP contribution in [0.2, 0.25) is 0 Å². The van der Waals surface area contributed by atoms with Crippen LogP contribution < -0.4 is 0 Å². The Morgan fingerprint density at radius 2 is 2.07 bits per heavy atom. The second-order valence-electron chi connectivity index (χ2n) is 2.84. The minimum Gasteiger partial charge on any atom is -0.444 e. The predicted octanol–water partition coefficient (Wildman–Crippen LogP) is 2.48. The molecule has 0 radical (unpaired) electrons. The van der Waals surface area contributed by atoms with E-state index in [1.54, 1.807) is 6.20 Å². The molecule has 0 saturated carbocycles. The molecule has 14 heavy (non-hydrogen) atoms. The molecule has 0 unspecified atom stereocenters. The molecule has 0 aliphatic rings. The summed E-state index contributed by atoms with van der Waals surface area (Å²) < 4.78 is 10.4. The van der Waals surface area contributed by atoms with Crippen LogP contribution in [0.5, 0.6) is 0 Å². The van der Waals surface area contributed by atoms with Gasteiger partial charge in [-0.3, -0.25) is 0 Å². The number of hydrogen-bond acceptors (Lipinski definition) is 4. The fourth-order valence-electron chi connectivity index (χ4n) is 1.42. The summed E-state index contributed by atoms with van der Waals surface area (Å²) in [6.07, 6.45) is 4.56. The highest BCUT2D eigenvalue weighted by Gasteiger charge is 2.09. The third kappa shape index (κ3) is 0.939. The van der Waals surface area contributed by atoms with Gasteiger partial charge in [0.1, 0.15) is 11.8 Å². The number of nitrogens with zero attached hydrogens (tertiary/aromatic N) is 2. The molecule has 0 aliphatic carbocycles. The molecule has 0 atom stereocenters. The van der Waals surface area contributed by atoms with Gasteiger partial charge < -0.3 is 8.83 Å². The number of rotatable bonds is 1. The van der Waals surface area contributed by atoms with Gasteiger partial charge in [0.05, 0.1) is 11.8 Å². The summed E-state index contributed by atoms with van der Waals surface area (Å²) in [4.78, 5) is 8.18. The molecule has 0 aliphatic heterocycles. The van der Waals surface area contributed by atoms with E-state index in [2.05, 4.69) is 9.97 Å². The minimum absolute atomic E-state index is 0.560. The summed E-state index contributed by atoms with van der Waals surface area (Å²) in [6.45, 7) is 0. The molecule has 0 saturated heterocycles. The van der Waals surface area contributed by atoms with Crippen LogP contribution in [-0.4, -0.2) is 9.97 Å². The molecule has 0 fully saturated rings. The van der Waals surface area contributed by atoms with E-state index in [0.29, 0.717) is 5.89 Å². The lowest BCUT2D eigenvalue weighted by Crippen LogP contribution is -1.78. The van der Waals surface area contributed by atoms with Crippen LogP contribution in [0.25, 0.3) is 22.6 Å². The van der Waals surface area contributed by atoms with Gasteiger partial charge in [-0.05, 0) is 12.1 Å². The quantitative estimate of drug-likeness (QED) is 0.585. The maximum Gasteiger partial charge on any atom is 0.228 e. The zero-order chi connectivity index (χ0) is 9.38. The lowest BCUT2D eigenvalue weighted by Gasteiger charge is -1.94. The summed E-state index contributed by atoms with van der Waals surface area (Å²) in [5.41, 5.74) is 2.36. The van der Waals surface area contributed by atoms with Crippen molar-refractivity contribution in [1.82, 2.24) is 9.97 Å². The highest BCUT2D eigenvalue weighted by atomic mass is 16.3. The number of para-hydroxylation sites is 1. The van der Waals surface area contributed by atoms with Gasteiger partial charge in [-0.25, -0.2) is 9.97 Å². The monoisotopic (exact) mass is 186 g/mol. The first-order valence-corrected chi connectivity index (χ1v) is 4.17. The minimum atomic E-state index is 0.560. The molecule has 2 aromatic heterocycles. The average Bonchev–Trinajstić information content (AvgIpc) is 2.88. The summed E-state index contributed by atoms with van der Waals surface area (Å²) >= 11 is 0. The lowest BCUT2D eigenvalue weighted by atomic mass is 10.2. The molecule has 0 bridgehead atoms. The molecule has 4 nitrogen and oxygen atoms in total. The van der Waals surface area contributed by atoms with Gasteiger partial charge in [0.15, 0.2) is 12.0 Å². The maximum atomic E-state index is 5.20. The fourth-order valence-corrected chi connectivity index (χ4v) is 1.42. The average molecular weight is 186 g/mol. The van der Waals surface area contributed by atoms with Gasteiger partial charge in [-0.1, -0.05) is 6.07 Å². The summed E-state index contributed by atoms with van der Waals surface area (Å²) in [5.74, 6) is 0.560. The predicted molar refractivity (Wildman–Crippen MR) is 49.5 cm³/mol. The molecule has 1 aromatic carbocycles. The van der Waals surface area contributed by atoms with Crippen molar-refractivity contribution in [3.05, 3.63) is 37.1 Å². The van der Waals surface area contributed by atoms with Gasteiger partial charge in [0.25, 0.3) is 0 Å². The van der Waals surface area contributed by atoms with E-state index >= 15 is 0 Å². The Balaban J connectivity index is 2.36. The second kappa shape index (κ2) is 2.70. The van der Waals surface area contributed by atoms with Crippen molar-refractivity contribution in [3.8, 4) is 11.5 Å². The molecule has 68 valence electrons. The second-order valence-corrected chi connectivity index (χ2v) is 2.84. The van der Waals surface area contributed by atoms with Crippen molar-refractivity contribution in [2.24, 2.45) is 0 Å². The zero-order valence-electron chi connectivity index (χ0n) is 7.18. The number of aromatic nitrogens is 2. The SMILES string of the molecule is c1cc(-c2ncco2)c2ncoc2c1. The Bertz CT molecular complexity index is 554. The standard InChI is InChI=1S/C10H6N2O2/c1-2-7(10-11-4-5-13-10)9-8(3-1)14-6-12-9/h1-6H. The van der Waals surface area contributed by atoms with Crippen LogP contribution in [0.4, 0.5) is 0 Å². The number of benzene rings is 1. The van der Waals surface area contributed by atoms with Crippen molar-refractivity contribution in [1.29, 1.82) is 0 Å². The molecule has 0 N–H and O–H groups in total. The van der Waals surface area contributed by atoms with E-state index in [9.17, 15) is 0 Å². The van der Waals surface area contributed by atoms with Crippen LogP contribution in [0.1, 0.15) is 0 Å². The van der Waals surface area contributed by atoms with Crippen molar-refractivity contribution >= 4 is 11.1 Å². The van der Waals surface area contributed by atoms with E-state index in [1.165, 1.54) is 12.7 Å². The highest BCUT2D eigenvalue weighted by Crippen LogP contribution is 2.25. The van der Waals surface area contributed by atoms with Crippen LogP contribution in [0.3, 0.4) is 0 Å². The highest BCUT2D eigenvalue weighted by molar-refractivity contribution is 5.87. The Hall–Kier alpha value is -2.10. The molecular formula is C10H6N2O2. The first-order valence-electron chi connectivity index (χ1n) is 4.17. The van der Waals surface area contributed by atoms with Crippen LogP contribution in [0.15, 0.2) is 45.9 Å². The first-order chi connectivity index (χ1) is 6.95. The van der Waals surface area contributed by atoms with Crippen molar-refractivity contribution in [2.75, 3.05) is 0 Å². The Morgan fingerprint density at radius 1 is 1.07 bits per heavy atom. The lowest BCUT2D eigenvalue weighted by molar-refractivity contribution is 0.575. The number of hydrogen-bond donors (Lipinski definition) is 0. The molecule has 0 spiro atoms. The first kappa shape index (κ1) is 7.32. The number of oxazole rings is 2. The van der Waals surface area contributed by atoms with Gasteiger partial charge in [-0.15, -0.1) is 0 Å². The van der Waals surface area contributed by atoms with Crippen molar-refractivity contribution in [2.45, 2.75) is 0 Å². The molecular weight excluding hydrogens is 180 g/mol. The zero-order valence-corrected chi connectivity index (χ0v) is 7.18. The van der Waals surface area contributed by atoms with E-state index in [4.69, 9.17) is 8.83 Å².